The molecule has 0 unspecified atom stereocenters. The number of benzene rings is 2. The van der Waals surface area contributed by atoms with Gasteiger partial charge in [0.05, 0.1) is 0 Å². The molecule has 2 aromatic rings. The molecule has 0 aromatic heterocycles. The first-order chi connectivity index (χ1) is 11.1. The fourth-order valence-corrected chi connectivity index (χ4v) is 2.14. The van der Waals surface area contributed by atoms with Crippen molar-refractivity contribution >= 4 is 39.1 Å². The van der Waals surface area contributed by atoms with Gasteiger partial charge in [0.15, 0.2) is 0 Å². The zero-order chi connectivity index (χ0) is 16.7. The highest BCUT2D eigenvalue weighted by Crippen LogP contribution is 2.14. The smallest absolute Gasteiger partial charge is 0.267 e. The second-order valence-electron chi connectivity index (χ2n) is 4.64. The minimum Gasteiger partial charge on any atom is -0.386 e. The van der Waals surface area contributed by atoms with Gasteiger partial charge in [0, 0.05) is 27.9 Å². The molecule has 0 radical (unpaired) electrons. The number of nitriles is 1. The van der Waals surface area contributed by atoms with Gasteiger partial charge >= 0.3 is 0 Å². The Hall–Kier alpha value is -2.29. The minimum absolute atomic E-state index is 0.00174. The van der Waals surface area contributed by atoms with E-state index < -0.39 is 5.91 Å². The minimum atomic E-state index is -0.460. The lowest BCUT2D eigenvalue weighted by molar-refractivity contribution is -0.112. The van der Waals surface area contributed by atoms with E-state index in [4.69, 9.17) is 16.9 Å². The summed E-state index contributed by atoms with van der Waals surface area (Å²) in [5, 5.41) is 15.4. The Morgan fingerprint density at radius 3 is 2.43 bits per heavy atom. The maximum atomic E-state index is 12.0. The van der Waals surface area contributed by atoms with Crippen molar-refractivity contribution < 1.29 is 4.79 Å². The largest absolute Gasteiger partial charge is 0.386 e. The standard InChI is InChI=1S/C17H13BrClN3O/c18-14-3-7-16(8-4-14)22-17(23)13(9-20)11-21-10-12-1-5-15(19)6-2-12/h1-8,11,21H,10H2,(H,22,23)/b13-11-. The van der Waals surface area contributed by atoms with E-state index in [0.29, 0.717) is 17.3 Å². The van der Waals surface area contributed by atoms with Crippen LogP contribution in [0, 0.1) is 11.3 Å². The summed E-state index contributed by atoms with van der Waals surface area (Å²) in [5.74, 6) is -0.460. The van der Waals surface area contributed by atoms with E-state index in [0.717, 1.165) is 10.0 Å². The van der Waals surface area contributed by atoms with E-state index in [1.54, 1.807) is 24.3 Å². The molecule has 0 atom stereocenters. The molecule has 0 bridgehead atoms. The molecule has 23 heavy (non-hydrogen) atoms. The van der Waals surface area contributed by atoms with Gasteiger partial charge in [-0.25, -0.2) is 0 Å². The molecule has 0 aliphatic rings. The van der Waals surface area contributed by atoms with Crippen LogP contribution in [0.5, 0.6) is 0 Å². The highest BCUT2D eigenvalue weighted by Gasteiger charge is 2.08. The van der Waals surface area contributed by atoms with Crippen LogP contribution in [0.15, 0.2) is 64.8 Å². The van der Waals surface area contributed by atoms with Crippen LogP contribution in [0.25, 0.3) is 0 Å². The first-order valence-electron chi connectivity index (χ1n) is 6.73. The summed E-state index contributed by atoms with van der Waals surface area (Å²) in [6.07, 6.45) is 1.41. The quantitative estimate of drug-likeness (QED) is 0.593. The van der Waals surface area contributed by atoms with Crippen LogP contribution in [0.4, 0.5) is 5.69 Å². The molecule has 6 heteroatoms. The topological polar surface area (TPSA) is 64.9 Å². The molecule has 0 aliphatic heterocycles. The monoisotopic (exact) mass is 389 g/mol. The molecular formula is C17H13BrClN3O. The average molecular weight is 391 g/mol. The molecule has 0 aliphatic carbocycles. The van der Waals surface area contributed by atoms with E-state index in [-0.39, 0.29) is 5.57 Å². The van der Waals surface area contributed by atoms with Crippen molar-refractivity contribution in [1.29, 1.82) is 5.26 Å². The zero-order valence-corrected chi connectivity index (χ0v) is 14.4. The molecule has 2 N–H and O–H groups in total. The number of halogens is 2. The zero-order valence-electron chi connectivity index (χ0n) is 12.0. The Bertz CT molecular complexity index is 749. The van der Waals surface area contributed by atoms with Gasteiger partial charge in [-0.2, -0.15) is 5.26 Å². The summed E-state index contributed by atoms with van der Waals surface area (Å²) < 4.78 is 0.913. The fourth-order valence-electron chi connectivity index (χ4n) is 1.75. The number of hydrogen-bond acceptors (Lipinski definition) is 3. The van der Waals surface area contributed by atoms with Gasteiger partial charge < -0.3 is 10.6 Å². The second-order valence-corrected chi connectivity index (χ2v) is 5.99. The van der Waals surface area contributed by atoms with Gasteiger partial charge in [0.25, 0.3) is 5.91 Å². The van der Waals surface area contributed by atoms with Crippen LogP contribution in [0.1, 0.15) is 5.56 Å². The number of hydrogen-bond donors (Lipinski definition) is 2. The number of amides is 1. The lowest BCUT2D eigenvalue weighted by atomic mass is 10.2. The predicted molar refractivity (Wildman–Crippen MR) is 94.8 cm³/mol. The summed E-state index contributed by atoms with van der Waals surface area (Å²) in [6, 6.07) is 16.3. The molecule has 0 heterocycles. The van der Waals surface area contributed by atoms with E-state index in [1.807, 2.05) is 30.3 Å². The molecule has 116 valence electrons. The average Bonchev–Trinajstić information content (AvgIpc) is 2.55. The van der Waals surface area contributed by atoms with Gasteiger partial charge in [0.2, 0.25) is 0 Å². The van der Waals surface area contributed by atoms with E-state index >= 15 is 0 Å². The Morgan fingerprint density at radius 2 is 1.83 bits per heavy atom. The summed E-state index contributed by atoms with van der Waals surface area (Å²) in [7, 11) is 0. The maximum absolute atomic E-state index is 12.0. The van der Waals surface area contributed by atoms with Gasteiger partial charge in [-0.1, -0.05) is 39.7 Å². The molecule has 0 saturated heterocycles. The molecule has 4 nitrogen and oxygen atoms in total. The third-order valence-corrected chi connectivity index (χ3v) is 3.71. The summed E-state index contributed by atoms with van der Waals surface area (Å²) in [4.78, 5) is 12.0. The summed E-state index contributed by atoms with van der Waals surface area (Å²) >= 11 is 9.14. The van der Waals surface area contributed by atoms with Crippen molar-refractivity contribution in [1.82, 2.24) is 5.32 Å². The Balaban J connectivity index is 1.95. The first-order valence-corrected chi connectivity index (χ1v) is 7.90. The van der Waals surface area contributed by atoms with Crippen molar-refractivity contribution in [2.24, 2.45) is 0 Å². The second kappa shape index (κ2) is 8.37. The molecule has 0 saturated carbocycles. The van der Waals surface area contributed by atoms with Crippen molar-refractivity contribution in [2.45, 2.75) is 6.54 Å². The molecular weight excluding hydrogens is 378 g/mol. The highest BCUT2D eigenvalue weighted by atomic mass is 79.9. The normalized spacial score (nSPS) is 10.7. The number of carbonyl (C=O) groups excluding carboxylic acids is 1. The van der Waals surface area contributed by atoms with E-state index in [1.165, 1.54) is 6.20 Å². The third kappa shape index (κ3) is 5.44. The molecule has 2 rings (SSSR count). The highest BCUT2D eigenvalue weighted by molar-refractivity contribution is 9.10. The van der Waals surface area contributed by atoms with Crippen LogP contribution in [0.2, 0.25) is 5.02 Å². The predicted octanol–water partition coefficient (Wildman–Crippen LogP) is 4.24. The Kier molecular flexibility index (Phi) is 6.21. The first kappa shape index (κ1) is 17.1. The number of nitrogens with zero attached hydrogens (tertiary/aromatic N) is 1. The molecule has 1 amide bonds. The maximum Gasteiger partial charge on any atom is 0.267 e. The number of nitrogens with one attached hydrogen (secondary N) is 2. The SMILES string of the molecule is N#C/C(=C/NCc1ccc(Cl)cc1)C(=O)Nc1ccc(Br)cc1. The summed E-state index contributed by atoms with van der Waals surface area (Å²) in [5.41, 5.74) is 1.62. The molecule has 0 spiro atoms. The Morgan fingerprint density at radius 1 is 1.17 bits per heavy atom. The van der Waals surface area contributed by atoms with E-state index in [9.17, 15) is 4.79 Å². The molecule has 2 aromatic carbocycles. The van der Waals surface area contributed by atoms with Crippen molar-refractivity contribution in [3.8, 4) is 6.07 Å². The van der Waals surface area contributed by atoms with Crippen LogP contribution in [-0.4, -0.2) is 5.91 Å². The van der Waals surface area contributed by atoms with Crippen molar-refractivity contribution in [3.63, 3.8) is 0 Å². The van der Waals surface area contributed by atoms with Crippen molar-refractivity contribution in [2.75, 3.05) is 5.32 Å². The van der Waals surface area contributed by atoms with Gasteiger partial charge in [-0.15, -0.1) is 0 Å². The van der Waals surface area contributed by atoms with Crippen LogP contribution >= 0.6 is 27.5 Å². The van der Waals surface area contributed by atoms with Gasteiger partial charge in [-0.3, -0.25) is 4.79 Å². The number of anilines is 1. The summed E-state index contributed by atoms with van der Waals surface area (Å²) in [6.45, 7) is 0.494. The van der Waals surface area contributed by atoms with Gasteiger partial charge in [0.1, 0.15) is 11.6 Å². The van der Waals surface area contributed by atoms with Crippen LogP contribution in [-0.2, 0) is 11.3 Å². The number of carbonyl (C=O) groups is 1. The van der Waals surface area contributed by atoms with Crippen molar-refractivity contribution in [3.05, 3.63) is 75.4 Å². The van der Waals surface area contributed by atoms with Gasteiger partial charge in [-0.05, 0) is 42.0 Å². The van der Waals surface area contributed by atoms with Crippen LogP contribution < -0.4 is 10.6 Å². The number of rotatable bonds is 5. The Labute approximate surface area is 147 Å². The lowest BCUT2D eigenvalue weighted by Crippen LogP contribution is -2.16. The van der Waals surface area contributed by atoms with E-state index in [2.05, 4.69) is 26.6 Å². The molecule has 0 fully saturated rings. The third-order valence-electron chi connectivity index (χ3n) is 2.93. The van der Waals surface area contributed by atoms with Crippen LogP contribution in [0.3, 0.4) is 0 Å². The fraction of sp³-hybridized carbons (Fsp3) is 0.0588. The lowest BCUT2D eigenvalue weighted by Gasteiger charge is -2.05.